The quantitative estimate of drug-likeness (QED) is 0.723. The topological polar surface area (TPSA) is 79.8 Å². The third-order valence-corrected chi connectivity index (χ3v) is 3.44. The number of aromatic nitrogens is 3. The normalized spacial score (nSPS) is 10.3. The van der Waals surface area contributed by atoms with E-state index in [0.29, 0.717) is 18.1 Å². The van der Waals surface area contributed by atoms with Crippen molar-refractivity contribution in [2.45, 2.75) is 13.1 Å². The number of pyridine rings is 1. The molecule has 2 aromatic heterocycles. The first-order valence-electron chi connectivity index (χ1n) is 7.71. The molecule has 126 valence electrons. The summed E-state index contributed by atoms with van der Waals surface area (Å²) >= 11 is 0. The standard InChI is InChI=1S/C18H16FN5O/c19-15-7-2-1-5-13(15)11-22-17(25)16-8-10-21-18(24-16)23-12-14-6-3-4-9-20-14/h1-10H,11-12H2,(H,22,25)(H,21,23,24). The van der Waals surface area contributed by atoms with Crippen LogP contribution in [0.4, 0.5) is 10.3 Å². The molecule has 1 amide bonds. The number of nitrogens with zero attached hydrogens (tertiary/aromatic N) is 3. The molecule has 0 bridgehead atoms. The van der Waals surface area contributed by atoms with E-state index in [1.807, 2.05) is 18.2 Å². The van der Waals surface area contributed by atoms with Crippen LogP contribution in [0.15, 0.2) is 60.9 Å². The maximum Gasteiger partial charge on any atom is 0.270 e. The van der Waals surface area contributed by atoms with Crippen LogP contribution in [-0.4, -0.2) is 20.9 Å². The number of halogens is 1. The third kappa shape index (κ3) is 4.57. The molecule has 25 heavy (non-hydrogen) atoms. The first-order valence-corrected chi connectivity index (χ1v) is 7.71. The lowest BCUT2D eigenvalue weighted by molar-refractivity contribution is 0.0945. The van der Waals surface area contributed by atoms with Gasteiger partial charge in [0, 0.05) is 24.5 Å². The fourth-order valence-corrected chi connectivity index (χ4v) is 2.15. The fourth-order valence-electron chi connectivity index (χ4n) is 2.15. The maximum absolute atomic E-state index is 13.6. The summed E-state index contributed by atoms with van der Waals surface area (Å²) in [6, 6.07) is 13.4. The number of carbonyl (C=O) groups excluding carboxylic acids is 1. The number of benzene rings is 1. The van der Waals surface area contributed by atoms with Crippen molar-refractivity contribution in [2.75, 3.05) is 5.32 Å². The highest BCUT2D eigenvalue weighted by Gasteiger charge is 2.10. The highest BCUT2D eigenvalue weighted by atomic mass is 19.1. The number of nitrogens with one attached hydrogen (secondary N) is 2. The summed E-state index contributed by atoms with van der Waals surface area (Å²) in [5, 5.41) is 5.66. The molecule has 0 saturated heterocycles. The molecule has 0 saturated carbocycles. The van der Waals surface area contributed by atoms with Gasteiger partial charge in [-0.1, -0.05) is 24.3 Å². The Labute approximate surface area is 144 Å². The molecule has 0 aliphatic rings. The van der Waals surface area contributed by atoms with E-state index < -0.39 is 5.91 Å². The highest BCUT2D eigenvalue weighted by Crippen LogP contribution is 2.07. The van der Waals surface area contributed by atoms with E-state index in [1.165, 1.54) is 18.3 Å². The lowest BCUT2D eigenvalue weighted by Gasteiger charge is -2.08. The third-order valence-electron chi connectivity index (χ3n) is 3.44. The van der Waals surface area contributed by atoms with E-state index in [0.717, 1.165) is 5.69 Å². The van der Waals surface area contributed by atoms with E-state index in [-0.39, 0.29) is 18.1 Å². The zero-order chi connectivity index (χ0) is 17.5. The van der Waals surface area contributed by atoms with Gasteiger partial charge in [-0.05, 0) is 24.3 Å². The Bertz CT molecular complexity index is 857. The molecule has 0 unspecified atom stereocenters. The molecule has 0 atom stereocenters. The predicted molar refractivity (Wildman–Crippen MR) is 91.2 cm³/mol. The number of carbonyl (C=O) groups is 1. The van der Waals surface area contributed by atoms with Crippen LogP contribution < -0.4 is 10.6 Å². The van der Waals surface area contributed by atoms with E-state index in [4.69, 9.17) is 0 Å². The highest BCUT2D eigenvalue weighted by molar-refractivity contribution is 5.92. The first kappa shape index (κ1) is 16.5. The second kappa shape index (κ2) is 7.96. The molecular formula is C18H16FN5O. The van der Waals surface area contributed by atoms with Crippen LogP contribution in [-0.2, 0) is 13.1 Å². The van der Waals surface area contributed by atoms with Gasteiger partial charge in [-0.25, -0.2) is 14.4 Å². The summed E-state index contributed by atoms with van der Waals surface area (Å²) in [6.45, 7) is 0.535. The summed E-state index contributed by atoms with van der Waals surface area (Å²) in [6.07, 6.45) is 3.19. The summed E-state index contributed by atoms with van der Waals surface area (Å²) in [5.74, 6) is -0.432. The summed E-state index contributed by atoms with van der Waals surface area (Å²) < 4.78 is 13.6. The van der Waals surface area contributed by atoms with Crippen LogP contribution >= 0.6 is 0 Å². The molecule has 0 spiro atoms. The summed E-state index contributed by atoms with van der Waals surface area (Å²) in [7, 11) is 0. The molecule has 7 heteroatoms. The molecular weight excluding hydrogens is 321 g/mol. The van der Waals surface area contributed by atoms with Crippen molar-refractivity contribution < 1.29 is 9.18 Å². The van der Waals surface area contributed by atoms with Gasteiger partial charge >= 0.3 is 0 Å². The Hall–Kier alpha value is -3.35. The molecule has 0 fully saturated rings. The molecule has 6 nitrogen and oxygen atoms in total. The molecule has 2 N–H and O–H groups in total. The zero-order valence-electron chi connectivity index (χ0n) is 13.3. The van der Waals surface area contributed by atoms with Crippen LogP contribution in [0.2, 0.25) is 0 Å². The van der Waals surface area contributed by atoms with Crippen LogP contribution in [0.3, 0.4) is 0 Å². The van der Waals surface area contributed by atoms with E-state index in [1.54, 1.807) is 24.4 Å². The first-order chi connectivity index (χ1) is 12.2. The minimum atomic E-state index is -0.397. The van der Waals surface area contributed by atoms with Gasteiger partial charge in [0.15, 0.2) is 0 Å². The van der Waals surface area contributed by atoms with E-state index in [2.05, 4.69) is 25.6 Å². The Morgan fingerprint density at radius 2 is 1.80 bits per heavy atom. The van der Waals surface area contributed by atoms with Crippen LogP contribution in [0.5, 0.6) is 0 Å². The van der Waals surface area contributed by atoms with E-state index in [9.17, 15) is 9.18 Å². The van der Waals surface area contributed by atoms with Crippen LogP contribution in [0.25, 0.3) is 0 Å². The largest absolute Gasteiger partial charge is 0.349 e. The average Bonchev–Trinajstić information content (AvgIpc) is 2.66. The number of hydrogen-bond donors (Lipinski definition) is 2. The lowest BCUT2D eigenvalue weighted by Crippen LogP contribution is -2.24. The Morgan fingerprint density at radius 3 is 2.60 bits per heavy atom. The second-order valence-electron chi connectivity index (χ2n) is 5.21. The lowest BCUT2D eigenvalue weighted by atomic mass is 10.2. The van der Waals surface area contributed by atoms with Gasteiger partial charge in [-0.3, -0.25) is 9.78 Å². The SMILES string of the molecule is O=C(NCc1ccccc1F)c1ccnc(NCc2ccccn2)n1. The van der Waals surface area contributed by atoms with Gasteiger partial charge in [-0.15, -0.1) is 0 Å². The summed E-state index contributed by atoms with van der Waals surface area (Å²) in [4.78, 5) is 24.6. The average molecular weight is 337 g/mol. The van der Waals surface area contributed by atoms with Gasteiger partial charge in [0.1, 0.15) is 11.5 Å². The van der Waals surface area contributed by atoms with Gasteiger partial charge in [-0.2, -0.15) is 0 Å². The smallest absolute Gasteiger partial charge is 0.270 e. The summed E-state index contributed by atoms with van der Waals surface area (Å²) in [5.41, 5.74) is 1.45. The van der Waals surface area contributed by atoms with E-state index >= 15 is 0 Å². The Balaban J connectivity index is 1.60. The predicted octanol–water partition coefficient (Wildman–Crippen LogP) is 2.55. The van der Waals surface area contributed by atoms with Gasteiger partial charge in [0.05, 0.1) is 12.2 Å². The minimum absolute atomic E-state index is 0.0895. The number of rotatable bonds is 6. The van der Waals surface area contributed by atoms with Crippen LogP contribution in [0, 0.1) is 5.82 Å². The maximum atomic E-state index is 13.6. The Kier molecular flexibility index (Phi) is 5.26. The fraction of sp³-hybridized carbons (Fsp3) is 0.111. The second-order valence-corrected chi connectivity index (χ2v) is 5.21. The van der Waals surface area contributed by atoms with Gasteiger partial charge in [0.25, 0.3) is 5.91 Å². The van der Waals surface area contributed by atoms with Crippen molar-refractivity contribution in [3.05, 3.63) is 83.7 Å². The van der Waals surface area contributed by atoms with Gasteiger partial charge < -0.3 is 10.6 Å². The molecule has 0 radical (unpaired) electrons. The van der Waals surface area contributed by atoms with Crippen molar-refractivity contribution >= 4 is 11.9 Å². The number of anilines is 1. The molecule has 3 aromatic rings. The van der Waals surface area contributed by atoms with Crippen molar-refractivity contribution in [2.24, 2.45) is 0 Å². The minimum Gasteiger partial charge on any atom is -0.349 e. The monoisotopic (exact) mass is 337 g/mol. The van der Waals surface area contributed by atoms with Crippen molar-refractivity contribution in [1.29, 1.82) is 0 Å². The number of amides is 1. The van der Waals surface area contributed by atoms with Crippen molar-refractivity contribution in [3.63, 3.8) is 0 Å². The molecule has 1 aromatic carbocycles. The Morgan fingerprint density at radius 1 is 0.960 bits per heavy atom. The zero-order valence-corrected chi connectivity index (χ0v) is 13.3. The molecule has 0 aliphatic carbocycles. The van der Waals surface area contributed by atoms with Crippen molar-refractivity contribution in [3.8, 4) is 0 Å². The van der Waals surface area contributed by atoms with Crippen molar-refractivity contribution in [1.82, 2.24) is 20.3 Å². The molecule has 0 aliphatic heterocycles. The van der Waals surface area contributed by atoms with Crippen LogP contribution in [0.1, 0.15) is 21.7 Å². The molecule has 3 rings (SSSR count). The number of hydrogen-bond acceptors (Lipinski definition) is 5. The van der Waals surface area contributed by atoms with Gasteiger partial charge in [0.2, 0.25) is 5.95 Å². The molecule has 2 heterocycles.